The maximum atomic E-state index is 13.2. The predicted molar refractivity (Wildman–Crippen MR) is 84.0 cm³/mol. The molecule has 7 heteroatoms. The lowest BCUT2D eigenvalue weighted by Crippen LogP contribution is -2.24. The zero-order valence-corrected chi connectivity index (χ0v) is 13.4. The van der Waals surface area contributed by atoms with Crippen LogP contribution < -0.4 is 4.90 Å². The van der Waals surface area contributed by atoms with E-state index in [0.29, 0.717) is 18.1 Å². The number of halogens is 2. The van der Waals surface area contributed by atoms with Gasteiger partial charge in [-0.15, -0.1) is 0 Å². The topological polar surface area (TPSA) is 52.5 Å². The van der Waals surface area contributed by atoms with Crippen LogP contribution in [0.4, 0.5) is 14.7 Å². The van der Waals surface area contributed by atoms with Gasteiger partial charge in [0.1, 0.15) is 0 Å². The summed E-state index contributed by atoms with van der Waals surface area (Å²) in [5.41, 5.74) is 1.24. The first-order valence-electron chi connectivity index (χ1n) is 7.16. The molecule has 0 aliphatic heterocycles. The Labute approximate surface area is 134 Å². The molecule has 23 heavy (non-hydrogen) atoms. The van der Waals surface area contributed by atoms with Gasteiger partial charge in [0.15, 0.2) is 11.6 Å². The Balaban J connectivity index is 1.95. The van der Waals surface area contributed by atoms with Crippen LogP contribution in [0.25, 0.3) is 0 Å². The van der Waals surface area contributed by atoms with E-state index in [0.717, 1.165) is 17.7 Å². The molecule has 1 aromatic carbocycles. The maximum absolute atomic E-state index is 13.2. The van der Waals surface area contributed by atoms with Crippen molar-refractivity contribution in [2.75, 3.05) is 32.6 Å². The van der Waals surface area contributed by atoms with E-state index in [9.17, 15) is 13.9 Å². The summed E-state index contributed by atoms with van der Waals surface area (Å²) >= 11 is 0. The van der Waals surface area contributed by atoms with Crippen molar-refractivity contribution in [3.8, 4) is 0 Å². The third kappa shape index (κ3) is 4.67. The van der Waals surface area contributed by atoms with Crippen molar-refractivity contribution in [3.63, 3.8) is 0 Å². The molecule has 124 valence electrons. The maximum Gasteiger partial charge on any atom is 0.224 e. The molecule has 0 aliphatic carbocycles. The number of anilines is 1. The summed E-state index contributed by atoms with van der Waals surface area (Å²) in [5, 5.41) is 10.1. The van der Waals surface area contributed by atoms with Gasteiger partial charge in [-0.2, -0.15) is 0 Å². The molecule has 1 unspecified atom stereocenters. The summed E-state index contributed by atoms with van der Waals surface area (Å²) in [7, 11) is 5.54. The minimum atomic E-state index is -0.961. The smallest absolute Gasteiger partial charge is 0.224 e. The van der Waals surface area contributed by atoms with Crippen molar-refractivity contribution >= 4 is 5.95 Å². The standard InChI is InChI=1S/C16H20F2N4O/c1-21(2)16-19-7-11(8-20-16)9-22(3)10-15(23)12-4-5-13(17)14(18)6-12/h4-8,15,23H,9-10H2,1-3H3. The first-order chi connectivity index (χ1) is 10.9. The van der Waals surface area contributed by atoms with Gasteiger partial charge in [-0.3, -0.25) is 4.90 Å². The molecule has 0 spiro atoms. The normalized spacial score (nSPS) is 12.5. The third-order valence-electron chi connectivity index (χ3n) is 3.36. The number of aromatic nitrogens is 2. The van der Waals surface area contributed by atoms with Gasteiger partial charge >= 0.3 is 0 Å². The lowest BCUT2D eigenvalue weighted by molar-refractivity contribution is 0.123. The summed E-state index contributed by atoms with van der Waals surface area (Å²) in [4.78, 5) is 12.1. The molecule has 0 saturated carbocycles. The monoisotopic (exact) mass is 322 g/mol. The number of hydrogen-bond acceptors (Lipinski definition) is 5. The number of aliphatic hydroxyl groups excluding tert-OH is 1. The van der Waals surface area contributed by atoms with E-state index in [1.165, 1.54) is 6.07 Å². The minimum absolute atomic E-state index is 0.278. The van der Waals surface area contributed by atoms with Gasteiger partial charge in [0.05, 0.1) is 6.10 Å². The molecule has 0 bridgehead atoms. The molecule has 1 N–H and O–H groups in total. The van der Waals surface area contributed by atoms with E-state index < -0.39 is 17.7 Å². The summed E-state index contributed by atoms with van der Waals surface area (Å²) in [6.45, 7) is 0.814. The highest BCUT2D eigenvalue weighted by Gasteiger charge is 2.14. The number of hydrogen-bond donors (Lipinski definition) is 1. The lowest BCUT2D eigenvalue weighted by atomic mass is 10.1. The average molecular weight is 322 g/mol. The van der Waals surface area contributed by atoms with Gasteiger partial charge in [-0.25, -0.2) is 18.7 Å². The number of benzene rings is 1. The fourth-order valence-corrected chi connectivity index (χ4v) is 2.16. The van der Waals surface area contributed by atoms with E-state index in [-0.39, 0.29) is 6.54 Å². The molecule has 0 aliphatic rings. The van der Waals surface area contributed by atoms with Gasteiger partial charge in [0.2, 0.25) is 5.95 Å². The van der Waals surface area contributed by atoms with Crippen LogP contribution in [0.1, 0.15) is 17.2 Å². The number of likely N-dealkylation sites (N-methyl/N-ethyl adjacent to an activating group) is 1. The molecule has 1 heterocycles. The van der Waals surface area contributed by atoms with Gasteiger partial charge in [-0.05, 0) is 24.7 Å². The average Bonchev–Trinajstić information content (AvgIpc) is 2.50. The molecular formula is C16H20F2N4O. The fourth-order valence-electron chi connectivity index (χ4n) is 2.16. The van der Waals surface area contributed by atoms with Crippen LogP contribution in [0.3, 0.4) is 0 Å². The van der Waals surface area contributed by atoms with E-state index in [2.05, 4.69) is 9.97 Å². The summed E-state index contributed by atoms with van der Waals surface area (Å²) in [5.74, 6) is -1.26. The van der Waals surface area contributed by atoms with Crippen molar-refractivity contribution in [1.29, 1.82) is 0 Å². The second-order valence-corrected chi connectivity index (χ2v) is 5.67. The first kappa shape index (κ1) is 17.2. The van der Waals surface area contributed by atoms with Crippen molar-refractivity contribution in [3.05, 3.63) is 53.4 Å². The Hall–Kier alpha value is -2.12. The lowest BCUT2D eigenvalue weighted by Gasteiger charge is -2.21. The van der Waals surface area contributed by atoms with Crippen LogP contribution in [0, 0.1) is 11.6 Å². The highest BCUT2D eigenvalue weighted by atomic mass is 19.2. The highest BCUT2D eigenvalue weighted by Crippen LogP contribution is 2.17. The SMILES string of the molecule is CN(Cc1cnc(N(C)C)nc1)CC(O)c1ccc(F)c(F)c1. The molecular weight excluding hydrogens is 302 g/mol. The summed E-state index contributed by atoms with van der Waals surface area (Å²) < 4.78 is 26.1. The molecule has 0 fully saturated rings. The second kappa shape index (κ2) is 7.43. The molecule has 1 aromatic heterocycles. The molecule has 2 aromatic rings. The molecule has 5 nitrogen and oxygen atoms in total. The van der Waals surface area contributed by atoms with Crippen LogP contribution >= 0.6 is 0 Å². The Morgan fingerprint density at radius 2 is 1.74 bits per heavy atom. The van der Waals surface area contributed by atoms with Crippen LogP contribution in [0.15, 0.2) is 30.6 Å². The van der Waals surface area contributed by atoms with Gasteiger partial charge in [0.25, 0.3) is 0 Å². The van der Waals surface area contributed by atoms with Gasteiger partial charge < -0.3 is 10.0 Å². The predicted octanol–water partition coefficient (Wildman–Crippen LogP) is 1.99. The van der Waals surface area contributed by atoms with Gasteiger partial charge in [0, 0.05) is 45.1 Å². The summed E-state index contributed by atoms with van der Waals surface area (Å²) in [6, 6.07) is 3.41. The molecule has 1 atom stereocenters. The zero-order valence-electron chi connectivity index (χ0n) is 13.4. The third-order valence-corrected chi connectivity index (χ3v) is 3.36. The van der Waals surface area contributed by atoms with Gasteiger partial charge in [-0.1, -0.05) is 6.07 Å². The van der Waals surface area contributed by atoms with Crippen molar-refractivity contribution in [2.24, 2.45) is 0 Å². The van der Waals surface area contributed by atoms with E-state index in [4.69, 9.17) is 0 Å². The van der Waals surface area contributed by atoms with Crippen LogP contribution in [-0.2, 0) is 6.54 Å². The van der Waals surface area contributed by atoms with E-state index >= 15 is 0 Å². The molecule has 2 rings (SSSR count). The summed E-state index contributed by atoms with van der Waals surface area (Å²) in [6.07, 6.45) is 2.54. The number of aliphatic hydroxyl groups is 1. The zero-order chi connectivity index (χ0) is 17.0. The van der Waals surface area contributed by atoms with Crippen LogP contribution in [0.5, 0.6) is 0 Å². The Kier molecular flexibility index (Phi) is 5.57. The molecule has 0 amide bonds. The van der Waals surface area contributed by atoms with Crippen molar-refractivity contribution in [1.82, 2.24) is 14.9 Å². The molecule has 0 radical (unpaired) electrons. The van der Waals surface area contributed by atoms with Crippen LogP contribution in [0.2, 0.25) is 0 Å². The van der Waals surface area contributed by atoms with Crippen molar-refractivity contribution in [2.45, 2.75) is 12.6 Å². The number of nitrogens with zero attached hydrogens (tertiary/aromatic N) is 4. The van der Waals surface area contributed by atoms with Crippen molar-refractivity contribution < 1.29 is 13.9 Å². The Bertz CT molecular complexity index is 649. The highest BCUT2D eigenvalue weighted by molar-refractivity contribution is 5.26. The van der Waals surface area contributed by atoms with Crippen LogP contribution in [-0.4, -0.2) is 47.7 Å². The Morgan fingerprint density at radius 1 is 1.09 bits per heavy atom. The number of rotatable bonds is 6. The Morgan fingerprint density at radius 3 is 2.30 bits per heavy atom. The second-order valence-electron chi connectivity index (χ2n) is 5.67. The van der Waals surface area contributed by atoms with E-state index in [1.54, 1.807) is 17.3 Å². The quantitative estimate of drug-likeness (QED) is 0.881. The first-order valence-corrected chi connectivity index (χ1v) is 7.16. The van der Waals surface area contributed by atoms with E-state index in [1.807, 2.05) is 26.0 Å². The minimum Gasteiger partial charge on any atom is -0.387 e. The molecule has 0 saturated heterocycles. The largest absolute Gasteiger partial charge is 0.387 e. The fraction of sp³-hybridized carbons (Fsp3) is 0.375.